The van der Waals surface area contributed by atoms with E-state index >= 15 is 0 Å². The van der Waals surface area contributed by atoms with Crippen molar-refractivity contribution >= 4 is 22.5 Å². The highest BCUT2D eigenvalue weighted by atomic mass is 35.5. The van der Waals surface area contributed by atoms with E-state index in [0.717, 1.165) is 18.0 Å². The third-order valence-corrected chi connectivity index (χ3v) is 4.82. The van der Waals surface area contributed by atoms with Gasteiger partial charge in [0.25, 0.3) is 0 Å². The summed E-state index contributed by atoms with van der Waals surface area (Å²) in [5.74, 6) is 0. The Morgan fingerprint density at radius 1 is 1.14 bits per heavy atom. The fourth-order valence-corrected chi connectivity index (χ4v) is 3.86. The van der Waals surface area contributed by atoms with Gasteiger partial charge in [-0.1, -0.05) is 35.4 Å². The summed E-state index contributed by atoms with van der Waals surface area (Å²) < 4.78 is 0. The van der Waals surface area contributed by atoms with Crippen LogP contribution in [0.25, 0.3) is 10.9 Å². The van der Waals surface area contributed by atoms with E-state index in [1.54, 1.807) is 0 Å². The van der Waals surface area contributed by atoms with Gasteiger partial charge in [-0.3, -0.25) is 0 Å². The molecule has 2 N–H and O–H groups in total. The Kier molecular flexibility index (Phi) is 3.24. The molecule has 0 amide bonds. The van der Waals surface area contributed by atoms with E-state index in [4.69, 9.17) is 11.6 Å². The van der Waals surface area contributed by atoms with Gasteiger partial charge in [0.1, 0.15) is 0 Å². The van der Waals surface area contributed by atoms with Crippen LogP contribution in [0.1, 0.15) is 34.0 Å². The summed E-state index contributed by atoms with van der Waals surface area (Å²) in [4.78, 5) is 3.67. The van der Waals surface area contributed by atoms with Crippen LogP contribution in [0.15, 0.2) is 36.4 Å². The number of aromatic nitrogens is 1. The molecular weight excluding hydrogens is 292 g/mol. The summed E-state index contributed by atoms with van der Waals surface area (Å²) in [7, 11) is 0. The van der Waals surface area contributed by atoms with E-state index in [0.29, 0.717) is 0 Å². The first-order valence-corrected chi connectivity index (χ1v) is 8.12. The van der Waals surface area contributed by atoms with Crippen LogP contribution in [0, 0.1) is 13.8 Å². The molecule has 0 spiro atoms. The average Bonchev–Trinajstić information content (AvgIpc) is 2.86. The van der Waals surface area contributed by atoms with Crippen molar-refractivity contribution in [1.29, 1.82) is 0 Å². The molecule has 0 fully saturated rings. The second kappa shape index (κ2) is 5.15. The number of rotatable bonds is 1. The highest BCUT2D eigenvalue weighted by molar-refractivity contribution is 6.30. The predicted octanol–water partition coefficient (Wildman–Crippen LogP) is 4.67. The first-order chi connectivity index (χ1) is 10.6. The summed E-state index contributed by atoms with van der Waals surface area (Å²) >= 11 is 6.18. The molecule has 0 aliphatic carbocycles. The van der Waals surface area contributed by atoms with Crippen LogP contribution in [0.4, 0.5) is 0 Å². The second-order valence-corrected chi connectivity index (χ2v) is 6.65. The zero-order chi connectivity index (χ0) is 15.3. The highest BCUT2D eigenvalue weighted by Gasteiger charge is 2.25. The van der Waals surface area contributed by atoms with Gasteiger partial charge in [-0.2, -0.15) is 0 Å². The van der Waals surface area contributed by atoms with Gasteiger partial charge in [0.05, 0.1) is 6.04 Å². The maximum absolute atomic E-state index is 6.18. The Bertz CT molecular complexity index is 863. The lowest BCUT2D eigenvalue weighted by atomic mass is 9.94. The van der Waals surface area contributed by atoms with Crippen molar-refractivity contribution in [1.82, 2.24) is 10.3 Å². The molecular formula is C19H19ClN2. The largest absolute Gasteiger partial charge is 0.356 e. The Balaban J connectivity index is 1.93. The van der Waals surface area contributed by atoms with Crippen LogP contribution in [0.5, 0.6) is 0 Å². The SMILES string of the molecule is Cc1cc(C)c2[nH]c3c(c2c1)CCNC3c1cccc(Cl)c1. The van der Waals surface area contributed by atoms with Crippen LogP contribution in [0.3, 0.4) is 0 Å². The minimum Gasteiger partial charge on any atom is -0.356 e. The molecule has 1 aliphatic heterocycles. The minimum absolute atomic E-state index is 0.189. The number of hydrogen-bond acceptors (Lipinski definition) is 1. The summed E-state index contributed by atoms with van der Waals surface area (Å²) in [5.41, 5.74) is 7.86. The maximum Gasteiger partial charge on any atom is 0.0732 e. The number of aromatic amines is 1. The molecule has 22 heavy (non-hydrogen) atoms. The first-order valence-electron chi connectivity index (χ1n) is 7.74. The third-order valence-electron chi connectivity index (χ3n) is 4.58. The van der Waals surface area contributed by atoms with Crippen molar-refractivity contribution in [2.75, 3.05) is 6.54 Å². The van der Waals surface area contributed by atoms with Crippen LogP contribution in [-0.4, -0.2) is 11.5 Å². The number of benzene rings is 2. The van der Waals surface area contributed by atoms with Gasteiger partial charge in [-0.25, -0.2) is 0 Å². The fraction of sp³-hybridized carbons (Fsp3) is 0.263. The lowest BCUT2D eigenvalue weighted by molar-refractivity contribution is 0.560. The molecule has 0 bridgehead atoms. The number of hydrogen-bond donors (Lipinski definition) is 2. The van der Waals surface area contributed by atoms with E-state index in [9.17, 15) is 0 Å². The molecule has 0 radical (unpaired) electrons. The number of halogens is 1. The molecule has 1 aromatic heterocycles. The molecule has 1 unspecified atom stereocenters. The Morgan fingerprint density at radius 2 is 2.00 bits per heavy atom. The van der Waals surface area contributed by atoms with Gasteiger partial charge in [0, 0.05) is 28.2 Å². The molecule has 112 valence electrons. The van der Waals surface area contributed by atoms with Gasteiger partial charge in [0.2, 0.25) is 0 Å². The second-order valence-electron chi connectivity index (χ2n) is 6.21. The van der Waals surface area contributed by atoms with Crippen molar-refractivity contribution in [3.63, 3.8) is 0 Å². The van der Waals surface area contributed by atoms with E-state index in [2.05, 4.69) is 48.4 Å². The molecule has 0 saturated carbocycles. The molecule has 0 saturated heterocycles. The topological polar surface area (TPSA) is 27.8 Å². The molecule has 2 aromatic carbocycles. The van der Waals surface area contributed by atoms with Gasteiger partial charge in [-0.15, -0.1) is 0 Å². The zero-order valence-corrected chi connectivity index (χ0v) is 13.6. The smallest absolute Gasteiger partial charge is 0.0732 e. The number of H-pyrrole nitrogens is 1. The summed E-state index contributed by atoms with van der Waals surface area (Å²) in [6, 6.07) is 12.9. The molecule has 1 atom stereocenters. The molecule has 3 heteroatoms. The van der Waals surface area contributed by atoms with Gasteiger partial charge >= 0.3 is 0 Å². The third kappa shape index (κ3) is 2.15. The Labute approximate surface area is 135 Å². The molecule has 2 heterocycles. The standard InChI is InChI=1S/C19H19ClN2/c1-11-8-12(2)17-16(9-11)15-6-7-21-18(19(15)22-17)13-4-3-5-14(20)10-13/h3-5,8-10,18,21-22H,6-7H2,1-2H3. The normalized spacial score (nSPS) is 17.7. The Hall–Kier alpha value is -1.77. The number of aryl methyl sites for hydroxylation is 2. The van der Waals surface area contributed by atoms with Gasteiger partial charge < -0.3 is 10.3 Å². The lowest BCUT2D eigenvalue weighted by Gasteiger charge is -2.25. The maximum atomic E-state index is 6.18. The van der Waals surface area contributed by atoms with Crippen LogP contribution >= 0.6 is 11.6 Å². The van der Waals surface area contributed by atoms with Crippen molar-refractivity contribution in [2.45, 2.75) is 26.3 Å². The van der Waals surface area contributed by atoms with Crippen molar-refractivity contribution in [2.24, 2.45) is 0 Å². The van der Waals surface area contributed by atoms with Crippen molar-refractivity contribution < 1.29 is 0 Å². The number of nitrogens with one attached hydrogen (secondary N) is 2. The van der Waals surface area contributed by atoms with E-state index in [1.165, 1.54) is 38.9 Å². The van der Waals surface area contributed by atoms with Crippen LogP contribution in [-0.2, 0) is 6.42 Å². The average molecular weight is 311 g/mol. The van der Waals surface area contributed by atoms with Crippen molar-refractivity contribution in [3.8, 4) is 0 Å². The van der Waals surface area contributed by atoms with E-state index in [1.807, 2.05) is 12.1 Å². The van der Waals surface area contributed by atoms with Crippen LogP contribution < -0.4 is 5.32 Å². The monoisotopic (exact) mass is 310 g/mol. The van der Waals surface area contributed by atoms with Gasteiger partial charge in [0.15, 0.2) is 0 Å². The first kappa shape index (κ1) is 13.9. The van der Waals surface area contributed by atoms with Crippen molar-refractivity contribution in [3.05, 3.63) is 69.4 Å². The minimum atomic E-state index is 0.189. The van der Waals surface area contributed by atoms with Crippen LogP contribution in [0.2, 0.25) is 5.02 Å². The van der Waals surface area contributed by atoms with E-state index in [-0.39, 0.29) is 6.04 Å². The summed E-state index contributed by atoms with van der Waals surface area (Å²) in [6.07, 6.45) is 1.06. The molecule has 4 rings (SSSR count). The summed E-state index contributed by atoms with van der Waals surface area (Å²) in [5, 5.41) is 5.79. The Morgan fingerprint density at radius 3 is 2.82 bits per heavy atom. The lowest BCUT2D eigenvalue weighted by Crippen LogP contribution is -2.30. The predicted molar refractivity (Wildman–Crippen MR) is 92.8 cm³/mol. The number of fused-ring (bicyclic) bond motifs is 3. The van der Waals surface area contributed by atoms with Gasteiger partial charge in [-0.05, 0) is 55.2 Å². The highest BCUT2D eigenvalue weighted by Crippen LogP contribution is 2.35. The molecule has 1 aliphatic rings. The molecule has 2 nitrogen and oxygen atoms in total. The molecule has 3 aromatic rings. The zero-order valence-electron chi connectivity index (χ0n) is 12.8. The quantitative estimate of drug-likeness (QED) is 0.671. The fourth-order valence-electron chi connectivity index (χ4n) is 3.66. The van der Waals surface area contributed by atoms with E-state index < -0.39 is 0 Å². The summed E-state index contributed by atoms with van der Waals surface area (Å²) in [6.45, 7) is 5.34.